The molecule has 152 valence electrons. The number of hydrogen-bond donors (Lipinski definition) is 3. The number of hydrogen-bond acceptors (Lipinski definition) is 3. The summed E-state index contributed by atoms with van der Waals surface area (Å²) in [5.41, 5.74) is 7.67. The number of nitrogens with two attached hydrogens (primary N) is 1. The van der Waals surface area contributed by atoms with Gasteiger partial charge in [-0.05, 0) is 36.2 Å². The number of primary amides is 1. The van der Waals surface area contributed by atoms with Gasteiger partial charge in [0, 0.05) is 28.4 Å². The van der Waals surface area contributed by atoms with Gasteiger partial charge >= 0.3 is 6.03 Å². The predicted octanol–water partition coefficient (Wildman–Crippen LogP) is 0.712. The van der Waals surface area contributed by atoms with Crippen LogP contribution in [0.5, 0.6) is 0 Å². The molecule has 1 heterocycles. The number of nitrogens with one attached hydrogen (secondary N) is 2. The lowest BCUT2D eigenvalue weighted by atomic mass is 9.90. The monoisotopic (exact) mass is 534 g/mol. The minimum Gasteiger partial charge on any atom is -1.00 e. The molecule has 3 rings (SSSR count). The molecule has 0 spiro atoms. The van der Waals surface area contributed by atoms with Crippen molar-refractivity contribution in [1.82, 2.24) is 0 Å². The molecule has 0 bridgehead atoms. The van der Waals surface area contributed by atoms with E-state index in [0.717, 1.165) is 34.2 Å². The number of rotatable bonds is 4. The number of amides is 3. The van der Waals surface area contributed by atoms with E-state index < -0.39 is 11.9 Å². The van der Waals surface area contributed by atoms with Gasteiger partial charge < -0.3 is 39.5 Å². The zero-order valence-corrected chi connectivity index (χ0v) is 19.7. The Labute approximate surface area is 191 Å². The molecule has 1 aromatic carbocycles. The smallest absolute Gasteiger partial charge is 0.324 e. The third-order valence-corrected chi connectivity index (χ3v) is 6.33. The van der Waals surface area contributed by atoms with Crippen molar-refractivity contribution in [2.24, 2.45) is 5.73 Å². The number of halogens is 2. The van der Waals surface area contributed by atoms with Crippen LogP contribution in [0.3, 0.4) is 0 Å². The number of anilines is 2. The van der Waals surface area contributed by atoms with Gasteiger partial charge in [-0.1, -0.05) is 11.6 Å². The van der Waals surface area contributed by atoms with Gasteiger partial charge in [-0.3, -0.25) is 10.1 Å². The lowest BCUT2D eigenvalue weighted by molar-refractivity contribution is -0.896. The third kappa shape index (κ3) is 5.16. The number of quaternary nitrogens is 1. The van der Waals surface area contributed by atoms with Crippen molar-refractivity contribution in [1.29, 1.82) is 0 Å². The fourth-order valence-corrected chi connectivity index (χ4v) is 4.82. The highest BCUT2D eigenvalue weighted by Crippen LogP contribution is 2.39. The molecule has 0 saturated carbocycles. The summed E-state index contributed by atoms with van der Waals surface area (Å²) in [6.45, 7) is 0. The van der Waals surface area contributed by atoms with Crippen molar-refractivity contribution < 1.29 is 38.0 Å². The van der Waals surface area contributed by atoms with Crippen molar-refractivity contribution in [3.05, 3.63) is 45.3 Å². The zero-order chi connectivity index (χ0) is 19.8. The van der Waals surface area contributed by atoms with Crippen LogP contribution in [-0.2, 0) is 12.8 Å². The molecule has 1 aromatic heterocycles. The SMILES string of the molecule is C[N+](C)(C)C1CCc2c(sc(NC(=O)Nc3ccc(Cl)cc3)c2C(N)=O)C1.[I-]. The van der Waals surface area contributed by atoms with Crippen LogP contribution < -0.4 is 40.3 Å². The Hall–Kier alpha value is -1.36. The minimum atomic E-state index is -0.502. The molecule has 1 aliphatic rings. The third-order valence-electron chi connectivity index (χ3n) is 4.91. The normalized spacial score (nSPS) is 15.9. The number of carbonyl (C=O) groups excluding carboxylic acids is 2. The number of nitrogens with zero attached hydrogens (tertiary/aromatic N) is 1. The number of urea groups is 1. The van der Waals surface area contributed by atoms with Crippen molar-refractivity contribution in [3.63, 3.8) is 0 Å². The molecule has 9 heteroatoms. The van der Waals surface area contributed by atoms with Crippen LogP contribution in [-0.4, -0.2) is 43.6 Å². The fourth-order valence-electron chi connectivity index (χ4n) is 3.38. The average molecular weight is 535 g/mol. The van der Waals surface area contributed by atoms with E-state index in [0.29, 0.717) is 27.3 Å². The Kier molecular flexibility index (Phi) is 7.35. The lowest BCUT2D eigenvalue weighted by Gasteiger charge is -2.36. The van der Waals surface area contributed by atoms with Crippen LogP contribution in [0.1, 0.15) is 27.2 Å². The van der Waals surface area contributed by atoms with E-state index in [-0.39, 0.29) is 24.0 Å². The summed E-state index contributed by atoms with van der Waals surface area (Å²) in [6, 6.07) is 6.88. The Morgan fingerprint density at radius 2 is 1.82 bits per heavy atom. The summed E-state index contributed by atoms with van der Waals surface area (Å²) in [6.07, 6.45) is 2.67. The standard InChI is InChI=1S/C19H23ClN4O2S.HI/c1-24(2,3)13-8-9-14-15(10-13)27-18(16(14)17(21)25)23-19(26)22-12-6-4-11(20)5-7-12;/h4-7,13H,8-10H2,1-3H3,(H3-,21,22,23,25,26);1H. The summed E-state index contributed by atoms with van der Waals surface area (Å²) >= 11 is 7.30. The van der Waals surface area contributed by atoms with Gasteiger partial charge in [0.25, 0.3) is 5.91 Å². The van der Waals surface area contributed by atoms with E-state index in [9.17, 15) is 9.59 Å². The van der Waals surface area contributed by atoms with Gasteiger partial charge in [0.05, 0.1) is 32.7 Å². The molecule has 2 aromatic rings. The quantitative estimate of drug-likeness (QED) is 0.399. The molecule has 1 unspecified atom stereocenters. The highest BCUT2D eigenvalue weighted by atomic mass is 127. The maximum absolute atomic E-state index is 12.4. The van der Waals surface area contributed by atoms with Crippen molar-refractivity contribution >= 4 is 45.6 Å². The number of thiophene rings is 1. The molecule has 3 amide bonds. The van der Waals surface area contributed by atoms with Gasteiger partial charge in [0.15, 0.2) is 0 Å². The first kappa shape index (κ1) is 22.9. The van der Waals surface area contributed by atoms with Crippen LogP contribution in [0.25, 0.3) is 0 Å². The second-order valence-corrected chi connectivity index (χ2v) is 9.21. The van der Waals surface area contributed by atoms with Gasteiger partial charge in [0.1, 0.15) is 5.00 Å². The van der Waals surface area contributed by atoms with Crippen LogP contribution in [0.2, 0.25) is 5.02 Å². The predicted molar refractivity (Wildman–Crippen MR) is 111 cm³/mol. The first-order valence-electron chi connectivity index (χ1n) is 8.74. The number of fused-ring (bicyclic) bond motifs is 1. The van der Waals surface area contributed by atoms with Gasteiger partial charge in [-0.25, -0.2) is 4.79 Å². The van der Waals surface area contributed by atoms with E-state index in [4.69, 9.17) is 17.3 Å². The fraction of sp³-hybridized carbons (Fsp3) is 0.368. The van der Waals surface area contributed by atoms with E-state index >= 15 is 0 Å². The molecule has 0 radical (unpaired) electrons. The largest absolute Gasteiger partial charge is 1.00 e. The van der Waals surface area contributed by atoms with Crippen LogP contribution in [0.15, 0.2) is 24.3 Å². The molecule has 0 fully saturated rings. The first-order valence-corrected chi connectivity index (χ1v) is 9.93. The van der Waals surface area contributed by atoms with Crippen LogP contribution in [0, 0.1) is 0 Å². The molecule has 0 aliphatic heterocycles. The Bertz CT molecular complexity index is 877. The Balaban J connectivity index is 0.00000280. The molecule has 28 heavy (non-hydrogen) atoms. The molecule has 0 saturated heterocycles. The lowest BCUT2D eigenvalue weighted by Crippen LogP contribution is -3.00. The molecule has 1 aliphatic carbocycles. The topological polar surface area (TPSA) is 84.2 Å². The molecular weight excluding hydrogens is 511 g/mol. The number of likely N-dealkylation sites (N-methyl/N-ethyl adjacent to an activating group) is 1. The summed E-state index contributed by atoms with van der Waals surface area (Å²) in [7, 11) is 6.53. The molecular formula is C19H24ClIN4O2S. The summed E-state index contributed by atoms with van der Waals surface area (Å²) in [5.74, 6) is -0.502. The number of carbonyl (C=O) groups is 2. The Morgan fingerprint density at radius 3 is 2.39 bits per heavy atom. The summed E-state index contributed by atoms with van der Waals surface area (Å²) in [5, 5.41) is 6.64. The molecule has 4 N–H and O–H groups in total. The van der Waals surface area contributed by atoms with E-state index in [2.05, 4.69) is 31.8 Å². The maximum atomic E-state index is 12.4. The first-order chi connectivity index (χ1) is 12.6. The van der Waals surface area contributed by atoms with Crippen LogP contribution >= 0.6 is 22.9 Å². The van der Waals surface area contributed by atoms with E-state index in [1.165, 1.54) is 11.3 Å². The number of benzene rings is 1. The van der Waals surface area contributed by atoms with Crippen molar-refractivity contribution in [2.75, 3.05) is 31.8 Å². The van der Waals surface area contributed by atoms with Gasteiger partial charge in [-0.15, -0.1) is 11.3 Å². The van der Waals surface area contributed by atoms with E-state index in [1.54, 1.807) is 24.3 Å². The highest BCUT2D eigenvalue weighted by molar-refractivity contribution is 7.17. The second-order valence-electron chi connectivity index (χ2n) is 7.67. The second kappa shape index (κ2) is 8.98. The molecule has 6 nitrogen and oxygen atoms in total. The average Bonchev–Trinajstić information content (AvgIpc) is 2.93. The summed E-state index contributed by atoms with van der Waals surface area (Å²) in [4.78, 5) is 25.6. The highest BCUT2D eigenvalue weighted by Gasteiger charge is 2.34. The van der Waals surface area contributed by atoms with E-state index in [1.807, 2.05) is 0 Å². The van der Waals surface area contributed by atoms with Crippen molar-refractivity contribution in [3.8, 4) is 0 Å². The minimum absolute atomic E-state index is 0. The van der Waals surface area contributed by atoms with Gasteiger partial charge in [0.2, 0.25) is 0 Å². The van der Waals surface area contributed by atoms with Crippen molar-refractivity contribution in [2.45, 2.75) is 25.3 Å². The Morgan fingerprint density at radius 1 is 1.18 bits per heavy atom. The van der Waals surface area contributed by atoms with Gasteiger partial charge in [-0.2, -0.15) is 0 Å². The maximum Gasteiger partial charge on any atom is 0.324 e. The van der Waals surface area contributed by atoms with Crippen LogP contribution in [0.4, 0.5) is 15.5 Å². The zero-order valence-electron chi connectivity index (χ0n) is 16.0. The molecule has 1 atom stereocenters. The summed E-state index contributed by atoms with van der Waals surface area (Å²) < 4.78 is 0.864.